The molecule has 0 radical (unpaired) electrons. The van der Waals surface area contributed by atoms with Crippen LogP contribution in [0.15, 0.2) is 28.0 Å². The standard InChI is InChI=1S/C26H34N4O2S2/c1-5-6-7-8-11-30-25(32)21(34-26(30)33)14-20-23(28-15-17(2)13-18(3)16-28)27-22-19(4)10-9-12-29(22)24(20)31/h9-10,12,14,17-18H,5-8,11,13,15-16H2,1-4H3/b21-14-/t17-,18-/m1/s1. The van der Waals surface area contributed by atoms with E-state index in [2.05, 4.69) is 25.7 Å². The number of fused-ring (bicyclic) bond motifs is 1. The highest BCUT2D eigenvalue weighted by Crippen LogP contribution is 2.35. The van der Waals surface area contributed by atoms with Crippen molar-refractivity contribution in [2.75, 3.05) is 24.5 Å². The molecule has 0 N–H and O–H groups in total. The second-order valence-corrected chi connectivity index (χ2v) is 11.5. The number of nitrogens with zero attached hydrogens (tertiary/aromatic N) is 4. The molecule has 4 heterocycles. The number of hydrogen-bond acceptors (Lipinski definition) is 6. The fourth-order valence-electron chi connectivity index (χ4n) is 5.02. The molecule has 2 aliphatic heterocycles. The van der Waals surface area contributed by atoms with Crippen LogP contribution in [0.3, 0.4) is 0 Å². The number of hydrogen-bond donors (Lipinski definition) is 0. The van der Waals surface area contributed by atoms with Crippen LogP contribution in [-0.2, 0) is 4.79 Å². The third kappa shape index (κ3) is 5.08. The second kappa shape index (κ2) is 10.6. The third-order valence-corrected chi connectivity index (χ3v) is 7.99. The van der Waals surface area contributed by atoms with Crippen LogP contribution in [0.1, 0.15) is 64.0 Å². The zero-order valence-electron chi connectivity index (χ0n) is 20.5. The Morgan fingerprint density at radius 3 is 2.62 bits per heavy atom. The van der Waals surface area contributed by atoms with Crippen LogP contribution in [-0.4, -0.2) is 44.1 Å². The van der Waals surface area contributed by atoms with Gasteiger partial charge >= 0.3 is 0 Å². The molecule has 2 aliphatic rings. The third-order valence-electron chi connectivity index (χ3n) is 6.62. The number of piperidine rings is 1. The fourth-order valence-corrected chi connectivity index (χ4v) is 6.31. The van der Waals surface area contributed by atoms with E-state index in [9.17, 15) is 9.59 Å². The van der Waals surface area contributed by atoms with E-state index in [1.165, 1.54) is 11.8 Å². The van der Waals surface area contributed by atoms with E-state index in [1.807, 2.05) is 19.1 Å². The van der Waals surface area contributed by atoms with Crippen LogP contribution in [0.2, 0.25) is 0 Å². The van der Waals surface area contributed by atoms with Gasteiger partial charge in [0, 0.05) is 25.8 Å². The first kappa shape index (κ1) is 24.9. The Morgan fingerprint density at radius 1 is 1.18 bits per heavy atom. The van der Waals surface area contributed by atoms with Gasteiger partial charge in [0.15, 0.2) is 0 Å². The minimum atomic E-state index is -0.150. The molecule has 0 aromatic carbocycles. The lowest BCUT2D eigenvalue weighted by molar-refractivity contribution is -0.122. The molecule has 0 unspecified atom stereocenters. The summed E-state index contributed by atoms with van der Waals surface area (Å²) < 4.78 is 2.16. The molecule has 2 aromatic heterocycles. The topological polar surface area (TPSA) is 57.9 Å². The van der Waals surface area contributed by atoms with Crippen molar-refractivity contribution in [2.45, 2.75) is 59.8 Å². The van der Waals surface area contributed by atoms with Crippen LogP contribution >= 0.6 is 24.0 Å². The summed E-state index contributed by atoms with van der Waals surface area (Å²) in [6, 6.07) is 3.83. The molecular formula is C26H34N4O2S2. The molecular weight excluding hydrogens is 464 g/mol. The molecule has 0 bridgehead atoms. The Kier molecular flexibility index (Phi) is 7.77. The summed E-state index contributed by atoms with van der Waals surface area (Å²) >= 11 is 6.81. The maximum Gasteiger partial charge on any atom is 0.267 e. The molecule has 0 saturated carbocycles. The molecule has 182 valence electrons. The van der Waals surface area contributed by atoms with Gasteiger partial charge in [-0.15, -0.1) is 0 Å². The molecule has 6 nitrogen and oxygen atoms in total. The number of pyridine rings is 1. The van der Waals surface area contributed by atoms with Crippen molar-refractivity contribution in [1.29, 1.82) is 0 Å². The minimum Gasteiger partial charge on any atom is -0.355 e. The minimum absolute atomic E-state index is 0.105. The Hall–Kier alpha value is -2.19. The van der Waals surface area contributed by atoms with E-state index in [1.54, 1.807) is 21.6 Å². The fraction of sp³-hybridized carbons (Fsp3) is 0.538. The number of thioether (sulfide) groups is 1. The number of unbranched alkanes of at least 4 members (excludes halogenated alkanes) is 3. The lowest BCUT2D eigenvalue weighted by atomic mass is 9.91. The van der Waals surface area contributed by atoms with Crippen molar-refractivity contribution in [3.05, 3.63) is 44.7 Å². The zero-order valence-corrected chi connectivity index (χ0v) is 22.2. The molecule has 2 aromatic rings. The molecule has 2 fully saturated rings. The van der Waals surface area contributed by atoms with Gasteiger partial charge in [-0.05, 0) is 49.3 Å². The van der Waals surface area contributed by atoms with Crippen molar-refractivity contribution in [1.82, 2.24) is 14.3 Å². The lowest BCUT2D eigenvalue weighted by Gasteiger charge is -2.36. The van der Waals surface area contributed by atoms with E-state index in [0.717, 1.165) is 50.8 Å². The largest absolute Gasteiger partial charge is 0.355 e. The average Bonchev–Trinajstić information content (AvgIpc) is 3.05. The van der Waals surface area contributed by atoms with E-state index >= 15 is 0 Å². The van der Waals surface area contributed by atoms with Gasteiger partial charge in [-0.3, -0.25) is 18.9 Å². The van der Waals surface area contributed by atoms with Crippen molar-refractivity contribution in [3.8, 4) is 0 Å². The Balaban J connectivity index is 1.76. The van der Waals surface area contributed by atoms with Crippen molar-refractivity contribution < 1.29 is 4.79 Å². The average molecular weight is 499 g/mol. The van der Waals surface area contributed by atoms with Gasteiger partial charge in [-0.25, -0.2) is 4.98 Å². The highest BCUT2D eigenvalue weighted by Gasteiger charge is 2.33. The number of thiocarbonyl (C=S) groups is 1. The molecule has 1 amide bonds. The van der Waals surface area contributed by atoms with E-state index < -0.39 is 0 Å². The number of aryl methyl sites for hydroxylation is 1. The van der Waals surface area contributed by atoms with Crippen LogP contribution in [0.4, 0.5) is 5.82 Å². The molecule has 2 saturated heterocycles. The number of carbonyl (C=O) groups is 1. The van der Waals surface area contributed by atoms with Crippen molar-refractivity contribution in [2.24, 2.45) is 11.8 Å². The van der Waals surface area contributed by atoms with E-state index in [-0.39, 0.29) is 11.5 Å². The van der Waals surface area contributed by atoms with Gasteiger partial charge in [-0.2, -0.15) is 0 Å². The molecule has 8 heteroatoms. The Labute approximate surface area is 211 Å². The SMILES string of the molecule is CCCCCCN1C(=O)/C(=C/c2c(N3C[C@H](C)C[C@@H](C)C3)nc3c(C)cccn3c2=O)SC1=S. The van der Waals surface area contributed by atoms with Crippen LogP contribution < -0.4 is 10.5 Å². The highest BCUT2D eigenvalue weighted by molar-refractivity contribution is 8.26. The first-order chi connectivity index (χ1) is 16.3. The number of aromatic nitrogens is 2. The van der Waals surface area contributed by atoms with Crippen LogP contribution in [0.5, 0.6) is 0 Å². The summed E-state index contributed by atoms with van der Waals surface area (Å²) in [5, 5.41) is 0. The number of amides is 1. The van der Waals surface area contributed by atoms with Gasteiger partial charge in [0.1, 0.15) is 15.8 Å². The molecule has 0 spiro atoms. The molecule has 0 aliphatic carbocycles. The zero-order chi connectivity index (χ0) is 24.4. The van der Waals surface area contributed by atoms with Gasteiger partial charge < -0.3 is 4.90 Å². The first-order valence-corrected chi connectivity index (χ1v) is 13.5. The smallest absolute Gasteiger partial charge is 0.267 e. The highest BCUT2D eigenvalue weighted by atomic mass is 32.2. The predicted molar refractivity (Wildman–Crippen MR) is 145 cm³/mol. The number of anilines is 1. The summed E-state index contributed by atoms with van der Waals surface area (Å²) in [6.07, 6.45) is 8.95. The predicted octanol–water partition coefficient (Wildman–Crippen LogP) is 5.27. The van der Waals surface area contributed by atoms with Crippen LogP contribution in [0, 0.1) is 18.8 Å². The maximum absolute atomic E-state index is 13.7. The van der Waals surface area contributed by atoms with E-state index in [4.69, 9.17) is 17.2 Å². The molecule has 34 heavy (non-hydrogen) atoms. The van der Waals surface area contributed by atoms with Gasteiger partial charge in [0.25, 0.3) is 11.5 Å². The monoisotopic (exact) mass is 498 g/mol. The second-order valence-electron chi connectivity index (χ2n) is 9.78. The van der Waals surface area contributed by atoms with Crippen LogP contribution in [0.25, 0.3) is 11.7 Å². The summed E-state index contributed by atoms with van der Waals surface area (Å²) in [5.41, 5.74) is 1.93. The van der Waals surface area contributed by atoms with Crippen molar-refractivity contribution >= 4 is 51.7 Å². The van der Waals surface area contributed by atoms with E-state index in [0.29, 0.717) is 44.6 Å². The quantitative estimate of drug-likeness (QED) is 0.295. The van der Waals surface area contributed by atoms with Gasteiger partial charge in [0.05, 0.1) is 10.5 Å². The normalized spacial score (nSPS) is 22.4. The number of carbonyl (C=O) groups excluding carboxylic acids is 1. The van der Waals surface area contributed by atoms with Crippen molar-refractivity contribution in [3.63, 3.8) is 0 Å². The maximum atomic E-state index is 13.7. The van der Waals surface area contributed by atoms with Gasteiger partial charge in [0.2, 0.25) is 0 Å². The Morgan fingerprint density at radius 2 is 1.91 bits per heavy atom. The summed E-state index contributed by atoms with van der Waals surface area (Å²) in [5.74, 6) is 1.59. The number of rotatable bonds is 7. The van der Waals surface area contributed by atoms with Gasteiger partial charge in [-0.1, -0.05) is 70.1 Å². The lowest BCUT2D eigenvalue weighted by Crippen LogP contribution is -2.40. The Bertz CT molecular complexity index is 1180. The summed E-state index contributed by atoms with van der Waals surface area (Å²) in [4.78, 5) is 36.3. The summed E-state index contributed by atoms with van der Waals surface area (Å²) in [7, 11) is 0. The molecule has 4 rings (SSSR count). The molecule has 2 atom stereocenters. The first-order valence-electron chi connectivity index (χ1n) is 12.3. The summed E-state index contributed by atoms with van der Waals surface area (Å²) in [6.45, 7) is 10.9.